The van der Waals surface area contributed by atoms with Crippen LogP contribution in [0.5, 0.6) is 0 Å². The number of nitrogens with zero attached hydrogens (tertiary/aromatic N) is 1. The van der Waals surface area contributed by atoms with Gasteiger partial charge in [0.1, 0.15) is 5.01 Å². The molecule has 0 spiro atoms. The van der Waals surface area contributed by atoms with Gasteiger partial charge in [-0.3, -0.25) is 0 Å². The van der Waals surface area contributed by atoms with Gasteiger partial charge in [0.25, 0.3) is 0 Å². The highest BCUT2D eigenvalue weighted by Gasteiger charge is 2.36. The van der Waals surface area contributed by atoms with Crippen molar-refractivity contribution in [3.63, 3.8) is 0 Å². The third kappa shape index (κ3) is 4.03. The van der Waals surface area contributed by atoms with E-state index in [9.17, 15) is 8.42 Å². The number of aryl methyl sites for hydroxylation is 1. The lowest BCUT2D eigenvalue weighted by Crippen LogP contribution is -2.28. The third-order valence-electron chi connectivity index (χ3n) is 3.53. The molecule has 0 bridgehead atoms. The summed E-state index contributed by atoms with van der Waals surface area (Å²) < 4.78 is 27.4. The fraction of sp³-hybridized carbons (Fsp3) is 0.312. The minimum Gasteiger partial charge on any atom is -0.245 e. The van der Waals surface area contributed by atoms with Crippen LogP contribution in [0.2, 0.25) is 0 Å². The van der Waals surface area contributed by atoms with Crippen LogP contribution in [0.15, 0.2) is 41.1 Å². The Kier molecular flexibility index (Phi) is 4.42. The number of hydrogen-bond donors (Lipinski definition) is 1. The van der Waals surface area contributed by atoms with E-state index in [-0.39, 0.29) is 6.04 Å². The normalized spacial score (nSPS) is 17.0. The predicted octanol–water partition coefficient (Wildman–Crippen LogP) is 3.49. The first-order chi connectivity index (χ1) is 10.5. The lowest BCUT2D eigenvalue weighted by molar-refractivity contribution is 0.534. The van der Waals surface area contributed by atoms with Gasteiger partial charge in [-0.15, -0.1) is 11.3 Å². The summed E-state index contributed by atoms with van der Waals surface area (Å²) in [5.74, 6) is 0.366. The Bertz CT molecular complexity index is 762. The Labute approximate surface area is 135 Å². The largest absolute Gasteiger partial charge is 0.245 e. The molecular formula is C16H18N2O2S2. The maximum absolute atomic E-state index is 12.3. The molecule has 1 aromatic heterocycles. The van der Waals surface area contributed by atoms with E-state index < -0.39 is 10.0 Å². The van der Waals surface area contributed by atoms with Gasteiger partial charge in [-0.2, -0.15) is 0 Å². The van der Waals surface area contributed by atoms with Crippen molar-refractivity contribution in [1.82, 2.24) is 9.71 Å². The van der Waals surface area contributed by atoms with E-state index in [0.717, 1.165) is 29.1 Å². The zero-order valence-corrected chi connectivity index (χ0v) is 13.9. The van der Waals surface area contributed by atoms with Crippen LogP contribution in [0.25, 0.3) is 6.08 Å². The molecule has 1 aliphatic carbocycles. The molecule has 6 heteroatoms. The molecule has 0 unspecified atom stereocenters. The summed E-state index contributed by atoms with van der Waals surface area (Å²) in [5, 5.41) is 4.05. The van der Waals surface area contributed by atoms with Gasteiger partial charge in [-0.1, -0.05) is 30.3 Å². The second-order valence-corrected chi connectivity index (χ2v) is 8.01. The topological polar surface area (TPSA) is 59.1 Å². The summed E-state index contributed by atoms with van der Waals surface area (Å²) in [7, 11) is -3.49. The lowest BCUT2D eigenvalue weighted by atomic mass is 10.2. The first kappa shape index (κ1) is 15.4. The quantitative estimate of drug-likeness (QED) is 0.879. The van der Waals surface area contributed by atoms with Gasteiger partial charge in [0.05, 0.1) is 6.04 Å². The summed E-state index contributed by atoms with van der Waals surface area (Å²) in [5.41, 5.74) is 1.80. The molecular weight excluding hydrogens is 316 g/mol. The Hall–Kier alpha value is -1.50. The van der Waals surface area contributed by atoms with Crippen molar-refractivity contribution >= 4 is 27.4 Å². The zero-order valence-electron chi connectivity index (χ0n) is 12.3. The molecule has 0 saturated heterocycles. The molecule has 4 nitrogen and oxygen atoms in total. The molecule has 1 aliphatic rings. The summed E-state index contributed by atoms with van der Waals surface area (Å²) >= 11 is 1.52. The van der Waals surface area contributed by atoms with Crippen molar-refractivity contribution in [3.8, 4) is 0 Å². The van der Waals surface area contributed by atoms with Gasteiger partial charge in [-0.25, -0.2) is 18.1 Å². The molecule has 3 rings (SSSR count). The number of sulfonamides is 1. The molecule has 0 amide bonds. The van der Waals surface area contributed by atoms with Crippen LogP contribution in [0.3, 0.4) is 0 Å². The molecule has 1 N–H and O–H groups in total. The van der Waals surface area contributed by atoms with Gasteiger partial charge >= 0.3 is 0 Å². The number of hydrogen-bond acceptors (Lipinski definition) is 4. The average molecular weight is 334 g/mol. The highest BCUT2D eigenvalue weighted by molar-refractivity contribution is 7.92. The number of rotatable bonds is 6. The monoisotopic (exact) mass is 334 g/mol. The SMILES string of the molecule is Cc1csc([C@@H](NS(=O)(=O)/C=C\c2ccccc2)C2CC2)n1. The number of aromatic nitrogens is 1. The number of nitrogens with one attached hydrogen (secondary N) is 1. The van der Waals surface area contributed by atoms with Crippen molar-refractivity contribution in [2.75, 3.05) is 0 Å². The van der Waals surface area contributed by atoms with Crippen LogP contribution in [0.1, 0.15) is 35.1 Å². The van der Waals surface area contributed by atoms with Gasteiger partial charge in [0.15, 0.2) is 0 Å². The molecule has 0 radical (unpaired) electrons. The molecule has 1 aromatic carbocycles. The number of benzene rings is 1. The Balaban J connectivity index is 1.75. The van der Waals surface area contributed by atoms with E-state index in [1.807, 2.05) is 42.6 Å². The predicted molar refractivity (Wildman–Crippen MR) is 89.8 cm³/mol. The average Bonchev–Trinajstić information content (AvgIpc) is 3.26. The van der Waals surface area contributed by atoms with Crippen LogP contribution in [0, 0.1) is 12.8 Å². The molecule has 1 saturated carbocycles. The van der Waals surface area contributed by atoms with Crippen LogP contribution in [0.4, 0.5) is 0 Å². The summed E-state index contributed by atoms with van der Waals surface area (Å²) in [6.07, 6.45) is 3.71. The minimum absolute atomic E-state index is 0.205. The van der Waals surface area contributed by atoms with Crippen LogP contribution in [-0.4, -0.2) is 13.4 Å². The molecule has 2 aromatic rings. The van der Waals surface area contributed by atoms with Crippen LogP contribution < -0.4 is 4.72 Å². The number of thiazole rings is 1. The highest BCUT2D eigenvalue weighted by Crippen LogP contribution is 2.42. The van der Waals surface area contributed by atoms with E-state index in [0.29, 0.717) is 5.92 Å². The standard InChI is InChI=1S/C16H18N2O2S2/c1-12-11-21-16(17-12)15(14-7-8-14)18-22(19,20)10-9-13-5-3-2-4-6-13/h2-6,9-11,14-15,18H,7-8H2,1H3/b10-9-/t15-/m0/s1. The van der Waals surface area contributed by atoms with Gasteiger partial charge in [0, 0.05) is 16.5 Å². The van der Waals surface area contributed by atoms with Crippen molar-refractivity contribution < 1.29 is 8.42 Å². The third-order valence-corrected chi connectivity index (χ3v) is 5.65. The first-order valence-electron chi connectivity index (χ1n) is 7.21. The summed E-state index contributed by atoms with van der Waals surface area (Å²) in [6, 6.07) is 9.20. The molecule has 1 heterocycles. The second-order valence-electron chi connectivity index (χ2n) is 5.52. The molecule has 22 heavy (non-hydrogen) atoms. The van der Waals surface area contributed by atoms with Crippen LogP contribution in [-0.2, 0) is 10.0 Å². The lowest BCUT2D eigenvalue weighted by Gasteiger charge is -2.14. The summed E-state index contributed by atoms with van der Waals surface area (Å²) in [6.45, 7) is 1.92. The summed E-state index contributed by atoms with van der Waals surface area (Å²) in [4.78, 5) is 4.44. The van der Waals surface area contributed by atoms with Gasteiger partial charge < -0.3 is 0 Å². The fourth-order valence-electron chi connectivity index (χ4n) is 2.24. The molecule has 1 atom stereocenters. The molecule has 116 valence electrons. The minimum atomic E-state index is -3.49. The Morgan fingerprint density at radius 3 is 2.64 bits per heavy atom. The van der Waals surface area contributed by atoms with Crippen molar-refractivity contribution in [3.05, 3.63) is 57.4 Å². The van der Waals surface area contributed by atoms with E-state index in [4.69, 9.17) is 0 Å². The van der Waals surface area contributed by atoms with E-state index in [1.54, 1.807) is 6.08 Å². The smallest absolute Gasteiger partial charge is 0.234 e. The van der Waals surface area contributed by atoms with Gasteiger partial charge in [-0.05, 0) is 37.3 Å². The van der Waals surface area contributed by atoms with Crippen molar-refractivity contribution in [1.29, 1.82) is 0 Å². The van der Waals surface area contributed by atoms with Crippen molar-refractivity contribution in [2.24, 2.45) is 5.92 Å². The van der Waals surface area contributed by atoms with Crippen molar-refractivity contribution in [2.45, 2.75) is 25.8 Å². The van der Waals surface area contributed by atoms with E-state index in [1.165, 1.54) is 16.7 Å². The van der Waals surface area contributed by atoms with E-state index >= 15 is 0 Å². The van der Waals surface area contributed by atoms with E-state index in [2.05, 4.69) is 9.71 Å². The Morgan fingerprint density at radius 2 is 2.05 bits per heavy atom. The Morgan fingerprint density at radius 1 is 1.32 bits per heavy atom. The highest BCUT2D eigenvalue weighted by atomic mass is 32.2. The van der Waals surface area contributed by atoms with Gasteiger partial charge in [0.2, 0.25) is 10.0 Å². The zero-order chi connectivity index (χ0) is 15.6. The fourth-order valence-corrected chi connectivity index (χ4v) is 4.33. The molecule has 1 fully saturated rings. The van der Waals surface area contributed by atoms with Crippen LogP contribution >= 0.6 is 11.3 Å². The maximum Gasteiger partial charge on any atom is 0.234 e. The maximum atomic E-state index is 12.3. The second kappa shape index (κ2) is 6.32. The first-order valence-corrected chi connectivity index (χ1v) is 9.63. The molecule has 0 aliphatic heterocycles.